The summed E-state index contributed by atoms with van der Waals surface area (Å²) in [5, 5.41) is 25.6. The Morgan fingerprint density at radius 2 is 2.33 bits per heavy atom. The second kappa shape index (κ2) is 7.78. The number of nitro groups is 1. The van der Waals surface area contributed by atoms with Gasteiger partial charge in [0.15, 0.2) is 0 Å². The van der Waals surface area contributed by atoms with E-state index in [2.05, 4.69) is 10.4 Å². The fraction of sp³-hybridized carbons (Fsp3) is 0.417. The summed E-state index contributed by atoms with van der Waals surface area (Å²) in [7, 11) is 0. The van der Waals surface area contributed by atoms with E-state index in [1.165, 1.54) is 10.9 Å². The third kappa shape index (κ3) is 5.43. The summed E-state index contributed by atoms with van der Waals surface area (Å²) in [4.78, 5) is 32.5. The summed E-state index contributed by atoms with van der Waals surface area (Å²) in [6.07, 6.45) is 5.83. The largest absolute Gasteiger partial charge is 0.480 e. The van der Waals surface area contributed by atoms with E-state index in [1.54, 1.807) is 19.1 Å². The van der Waals surface area contributed by atoms with Crippen molar-refractivity contribution >= 4 is 17.6 Å². The Balaban J connectivity index is 2.48. The number of aryl methyl sites for hydroxylation is 1. The molecule has 1 heterocycles. The van der Waals surface area contributed by atoms with Crippen LogP contribution in [0, 0.1) is 10.1 Å². The van der Waals surface area contributed by atoms with Crippen molar-refractivity contribution in [1.29, 1.82) is 0 Å². The Labute approximate surface area is 120 Å². The lowest BCUT2D eigenvalue weighted by atomic mass is 10.2. The zero-order valence-corrected chi connectivity index (χ0v) is 11.4. The molecule has 1 aromatic rings. The van der Waals surface area contributed by atoms with Gasteiger partial charge < -0.3 is 10.4 Å². The highest BCUT2D eigenvalue weighted by Gasteiger charge is 2.18. The first kappa shape index (κ1) is 16.3. The molecule has 0 saturated carbocycles. The van der Waals surface area contributed by atoms with E-state index in [9.17, 15) is 19.7 Å². The van der Waals surface area contributed by atoms with Crippen LogP contribution in [-0.4, -0.2) is 37.7 Å². The lowest BCUT2D eigenvalue weighted by Gasteiger charge is -2.12. The molecule has 0 bridgehead atoms. The molecule has 9 nitrogen and oxygen atoms in total. The first-order chi connectivity index (χ1) is 9.93. The molecule has 9 heteroatoms. The van der Waals surface area contributed by atoms with Crippen LogP contribution in [0.4, 0.5) is 5.69 Å². The fourth-order valence-corrected chi connectivity index (χ4v) is 1.55. The van der Waals surface area contributed by atoms with Crippen molar-refractivity contribution in [3.8, 4) is 0 Å². The summed E-state index contributed by atoms with van der Waals surface area (Å²) in [5.74, 6) is -1.57. The summed E-state index contributed by atoms with van der Waals surface area (Å²) in [6.45, 7) is 1.89. The Hall–Kier alpha value is -2.71. The molecular formula is C12H16N4O5. The van der Waals surface area contributed by atoms with Gasteiger partial charge in [-0.25, -0.2) is 4.79 Å². The molecule has 0 fully saturated rings. The number of hydrogen-bond acceptors (Lipinski definition) is 5. The molecule has 0 aliphatic rings. The summed E-state index contributed by atoms with van der Waals surface area (Å²) in [6, 6.07) is -0.986. The number of aliphatic carboxylic acids is 1. The number of rotatable bonds is 8. The highest BCUT2D eigenvalue weighted by atomic mass is 16.6. The molecular weight excluding hydrogens is 280 g/mol. The van der Waals surface area contributed by atoms with Crippen molar-refractivity contribution in [3.05, 3.63) is 34.7 Å². The first-order valence-electron chi connectivity index (χ1n) is 6.24. The number of aromatic nitrogens is 2. The maximum atomic E-state index is 11.7. The molecule has 1 amide bonds. The molecule has 1 unspecified atom stereocenters. The third-order valence-electron chi connectivity index (χ3n) is 2.64. The normalized spacial score (nSPS) is 12.2. The summed E-state index contributed by atoms with van der Waals surface area (Å²) < 4.78 is 1.26. The van der Waals surface area contributed by atoms with Crippen molar-refractivity contribution in [3.63, 3.8) is 0 Å². The van der Waals surface area contributed by atoms with E-state index in [-0.39, 0.29) is 25.1 Å². The predicted octanol–water partition coefficient (Wildman–Crippen LogP) is 0.717. The number of carboxylic acids is 1. The topological polar surface area (TPSA) is 127 Å². The number of nitrogens with zero attached hydrogens (tertiary/aromatic N) is 3. The fourth-order valence-electron chi connectivity index (χ4n) is 1.55. The minimum Gasteiger partial charge on any atom is -0.480 e. The first-order valence-corrected chi connectivity index (χ1v) is 6.24. The van der Waals surface area contributed by atoms with E-state index in [0.717, 1.165) is 6.20 Å². The monoisotopic (exact) mass is 296 g/mol. The zero-order chi connectivity index (χ0) is 15.8. The van der Waals surface area contributed by atoms with Gasteiger partial charge in [-0.05, 0) is 13.3 Å². The molecule has 0 radical (unpaired) electrons. The molecule has 0 aromatic carbocycles. The van der Waals surface area contributed by atoms with Gasteiger partial charge in [0.05, 0.1) is 4.92 Å². The van der Waals surface area contributed by atoms with Gasteiger partial charge in [-0.15, -0.1) is 0 Å². The van der Waals surface area contributed by atoms with Crippen LogP contribution >= 0.6 is 0 Å². The molecule has 2 N–H and O–H groups in total. The standard InChI is InChI=1S/C12H16N4O5/c1-2-3-4-10(12(18)19)14-11(17)5-6-15-8-9(7-13-15)16(20)21/h2-3,7-8,10H,4-6H2,1H3,(H,14,17)(H,18,19)/b3-2+. The maximum absolute atomic E-state index is 11.7. The van der Waals surface area contributed by atoms with E-state index in [1.807, 2.05) is 0 Å². The summed E-state index contributed by atoms with van der Waals surface area (Å²) in [5.41, 5.74) is -0.160. The average Bonchev–Trinajstić information content (AvgIpc) is 2.90. The molecule has 0 spiro atoms. The molecule has 1 rings (SSSR count). The number of amides is 1. The predicted molar refractivity (Wildman–Crippen MR) is 72.5 cm³/mol. The second-order valence-electron chi connectivity index (χ2n) is 4.23. The summed E-state index contributed by atoms with van der Waals surface area (Å²) >= 11 is 0. The average molecular weight is 296 g/mol. The van der Waals surface area contributed by atoms with Crippen LogP contribution in [0.2, 0.25) is 0 Å². The Bertz CT molecular complexity index is 552. The van der Waals surface area contributed by atoms with Crippen molar-refractivity contribution in [2.45, 2.75) is 32.4 Å². The number of carbonyl (C=O) groups excluding carboxylic acids is 1. The Kier molecular flexibility index (Phi) is 6.05. The molecule has 0 saturated heterocycles. The van der Waals surface area contributed by atoms with Crippen molar-refractivity contribution < 1.29 is 19.6 Å². The van der Waals surface area contributed by atoms with E-state index in [4.69, 9.17) is 5.11 Å². The van der Waals surface area contributed by atoms with E-state index < -0.39 is 22.8 Å². The minimum absolute atomic E-state index is 0.0154. The zero-order valence-electron chi connectivity index (χ0n) is 11.4. The number of allylic oxidation sites excluding steroid dienone is 1. The van der Waals surface area contributed by atoms with Crippen LogP contribution in [0.1, 0.15) is 19.8 Å². The number of nitrogens with one attached hydrogen (secondary N) is 1. The van der Waals surface area contributed by atoms with E-state index in [0.29, 0.717) is 0 Å². The van der Waals surface area contributed by atoms with Gasteiger partial charge in [-0.1, -0.05) is 12.2 Å². The highest BCUT2D eigenvalue weighted by molar-refractivity contribution is 5.83. The molecule has 21 heavy (non-hydrogen) atoms. The number of hydrogen-bond donors (Lipinski definition) is 2. The molecule has 0 aliphatic carbocycles. The van der Waals surface area contributed by atoms with Crippen LogP contribution in [0.3, 0.4) is 0 Å². The van der Waals surface area contributed by atoms with Gasteiger partial charge in [0.25, 0.3) is 0 Å². The number of carbonyl (C=O) groups is 2. The van der Waals surface area contributed by atoms with Crippen molar-refractivity contribution in [1.82, 2.24) is 15.1 Å². The Morgan fingerprint density at radius 1 is 1.62 bits per heavy atom. The molecule has 1 atom stereocenters. The van der Waals surface area contributed by atoms with Crippen LogP contribution < -0.4 is 5.32 Å². The lowest BCUT2D eigenvalue weighted by Crippen LogP contribution is -2.40. The van der Waals surface area contributed by atoms with Crippen LogP contribution in [0.5, 0.6) is 0 Å². The van der Waals surface area contributed by atoms with Gasteiger partial charge >= 0.3 is 11.7 Å². The van der Waals surface area contributed by atoms with Crippen molar-refractivity contribution in [2.75, 3.05) is 0 Å². The molecule has 1 aromatic heterocycles. The molecule has 114 valence electrons. The lowest BCUT2D eigenvalue weighted by molar-refractivity contribution is -0.385. The maximum Gasteiger partial charge on any atom is 0.326 e. The van der Waals surface area contributed by atoms with Crippen LogP contribution in [0.15, 0.2) is 24.5 Å². The van der Waals surface area contributed by atoms with Crippen LogP contribution in [-0.2, 0) is 16.1 Å². The molecule has 0 aliphatic heterocycles. The van der Waals surface area contributed by atoms with Gasteiger partial charge in [-0.2, -0.15) is 5.10 Å². The quantitative estimate of drug-likeness (QED) is 0.413. The van der Waals surface area contributed by atoms with E-state index >= 15 is 0 Å². The van der Waals surface area contributed by atoms with Crippen molar-refractivity contribution in [2.24, 2.45) is 0 Å². The Morgan fingerprint density at radius 3 is 2.86 bits per heavy atom. The van der Waals surface area contributed by atoms with Gasteiger partial charge in [0, 0.05) is 13.0 Å². The number of carboxylic acid groups (broad SMARTS) is 1. The van der Waals surface area contributed by atoms with Gasteiger partial charge in [0.1, 0.15) is 18.4 Å². The second-order valence-corrected chi connectivity index (χ2v) is 4.23. The SMILES string of the molecule is C/C=C/CC(NC(=O)CCn1cc([N+](=O)[O-])cn1)C(=O)O. The minimum atomic E-state index is -1.11. The van der Waals surface area contributed by atoms with Gasteiger partial charge in [-0.3, -0.25) is 19.6 Å². The smallest absolute Gasteiger partial charge is 0.326 e. The van der Waals surface area contributed by atoms with Gasteiger partial charge in [0.2, 0.25) is 5.91 Å². The van der Waals surface area contributed by atoms with Crippen LogP contribution in [0.25, 0.3) is 0 Å². The highest BCUT2D eigenvalue weighted by Crippen LogP contribution is 2.08. The third-order valence-corrected chi connectivity index (χ3v) is 2.64.